The Balaban J connectivity index is 1.80. The smallest absolute Gasteiger partial charge is 0.246 e. The average molecular weight is 497 g/mol. The quantitative estimate of drug-likeness (QED) is 0.478. The molecular formula is C28H40N4O4. The van der Waals surface area contributed by atoms with Crippen LogP contribution >= 0.6 is 0 Å². The molecule has 0 radical (unpaired) electrons. The molecule has 8 nitrogen and oxygen atoms in total. The number of rotatable bonds is 8. The van der Waals surface area contributed by atoms with Crippen LogP contribution in [0, 0.1) is 17.8 Å². The second-order valence-corrected chi connectivity index (χ2v) is 10.8. The van der Waals surface area contributed by atoms with Crippen LogP contribution in [-0.4, -0.2) is 67.1 Å². The molecule has 1 saturated heterocycles. The number of ether oxygens (including phenoxy) is 1. The Morgan fingerprint density at radius 2 is 1.94 bits per heavy atom. The van der Waals surface area contributed by atoms with Crippen LogP contribution in [0.5, 0.6) is 0 Å². The molecule has 0 spiro atoms. The molecule has 3 rings (SSSR count). The first-order valence-corrected chi connectivity index (χ1v) is 12.8. The van der Waals surface area contributed by atoms with Crippen molar-refractivity contribution in [3.05, 3.63) is 35.4 Å². The highest BCUT2D eigenvalue weighted by molar-refractivity contribution is 5.94. The maximum Gasteiger partial charge on any atom is 0.246 e. The molecule has 0 aromatic heterocycles. The monoisotopic (exact) mass is 496 g/mol. The predicted molar refractivity (Wildman–Crippen MR) is 139 cm³/mol. The van der Waals surface area contributed by atoms with Gasteiger partial charge in [0.15, 0.2) is 0 Å². The summed E-state index contributed by atoms with van der Waals surface area (Å²) >= 11 is 0. The lowest BCUT2D eigenvalue weighted by atomic mass is 9.85. The molecule has 8 heteroatoms. The van der Waals surface area contributed by atoms with Gasteiger partial charge in [-0.25, -0.2) is 0 Å². The average Bonchev–Trinajstić information content (AvgIpc) is 3.35. The first-order valence-electron chi connectivity index (χ1n) is 12.8. The summed E-state index contributed by atoms with van der Waals surface area (Å²) in [6, 6.07) is 5.88. The zero-order chi connectivity index (χ0) is 26.5. The standard InChI is InChI=1S/C28H40N4O4/c1-7-17-36-22-15-14-19-11-8-9-12-20(19)23(22)30-26(34)21-13-10-16-32(21)27(35)24(28(3,4)5)31-25(33)18(2)29-6/h1,8-9,11-12,18,21-24,29H,10,13-17H2,2-6H3,(H,30,34)(H,31,33)/t18-,21-,22+,23+,24+/m0/s1. The highest BCUT2D eigenvalue weighted by Gasteiger charge is 2.43. The van der Waals surface area contributed by atoms with Crippen molar-refractivity contribution in [2.75, 3.05) is 20.2 Å². The van der Waals surface area contributed by atoms with E-state index in [1.165, 1.54) is 5.56 Å². The number of hydrogen-bond donors (Lipinski definition) is 3. The van der Waals surface area contributed by atoms with E-state index >= 15 is 0 Å². The third kappa shape index (κ3) is 6.26. The van der Waals surface area contributed by atoms with Gasteiger partial charge >= 0.3 is 0 Å². The minimum Gasteiger partial charge on any atom is -0.363 e. The maximum absolute atomic E-state index is 13.7. The molecule has 1 heterocycles. The Kier molecular flexibility index (Phi) is 9.15. The SMILES string of the molecule is C#CCO[C@@H]1CCc2ccccc2[C@H]1NC(=O)[C@@H]1CCCN1C(=O)[C@@H](NC(=O)[C@H](C)NC)C(C)(C)C. The minimum absolute atomic E-state index is 0.172. The lowest BCUT2D eigenvalue weighted by Crippen LogP contribution is -2.59. The molecule has 0 bridgehead atoms. The van der Waals surface area contributed by atoms with E-state index < -0.39 is 23.5 Å². The van der Waals surface area contributed by atoms with Crippen LogP contribution in [0.4, 0.5) is 0 Å². The van der Waals surface area contributed by atoms with Crippen molar-refractivity contribution in [3.8, 4) is 12.3 Å². The Bertz CT molecular complexity index is 996. The normalized spacial score (nSPS) is 23.2. The third-order valence-corrected chi connectivity index (χ3v) is 7.20. The number of fused-ring (bicyclic) bond motifs is 1. The summed E-state index contributed by atoms with van der Waals surface area (Å²) < 4.78 is 5.91. The van der Waals surface area contributed by atoms with E-state index in [-0.39, 0.29) is 36.5 Å². The van der Waals surface area contributed by atoms with Crippen LogP contribution < -0.4 is 16.0 Å². The largest absolute Gasteiger partial charge is 0.363 e. The molecule has 2 aliphatic rings. The Morgan fingerprint density at radius 3 is 2.61 bits per heavy atom. The fraction of sp³-hybridized carbons (Fsp3) is 0.607. The van der Waals surface area contributed by atoms with E-state index in [1.54, 1.807) is 18.9 Å². The number of likely N-dealkylation sites (N-methyl/N-ethyl adjacent to an activating group) is 1. The van der Waals surface area contributed by atoms with Gasteiger partial charge in [0.25, 0.3) is 0 Å². The van der Waals surface area contributed by atoms with Gasteiger partial charge in [0.05, 0.1) is 18.2 Å². The summed E-state index contributed by atoms with van der Waals surface area (Å²) in [6.07, 6.45) is 8.07. The van der Waals surface area contributed by atoms with Crippen LogP contribution in [0.1, 0.15) is 64.1 Å². The highest BCUT2D eigenvalue weighted by Crippen LogP contribution is 2.33. The Labute approximate surface area is 214 Å². The van der Waals surface area contributed by atoms with Gasteiger partial charge in [0.1, 0.15) is 18.7 Å². The molecule has 1 aromatic rings. The zero-order valence-corrected chi connectivity index (χ0v) is 22.1. The third-order valence-electron chi connectivity index (χ3n) is 7.20. The number of nitrogens with one attached hydrogen (secondary N) is 3. The number of hydrogen-bond acceptors (Lipinski definition) is 5. The molecule has 3 amide bonds. The van der Waals surface area contributed by atoms with E-state index in [0.717, 1.165) is 24.8 Å². The lowest BCUT2D eigenvalue weighted by molar-refractivity contribution is -0.144. The summed E-state index contributed by atoms with van der Waals surface area (Å²) in [4.78, 5) is 41.6. The van der Waals surface area contributed by atoms with E-state index in [0.29, 0.717) is 13.0 Å². The molecule has 1 fully saturated rings. The van der Waals surface area contributed by atoms with Crippen molar-refractivity contribution in [3.63, 3.8) is 0 Å². The summed E-state index contributed by atoms with van der Waals surface area (Å²) in [5.74, 6) is 1.82. The van der Waals surface area contributed by atoms with Crippen molar-refractivity contribution in [2.24, 2.45) is 5.41 Å². The molecule has 5 atom stereocenters. The first-order chi connectivity index (χ1) is 17.1. The van der Waals surface area contributed by atoms with Gasteiger partial charge in [-0.2, -0.15) is 0 Å². The van der Waals surface area contributed by atoms with Gasteiger partial charge in [0, 0.05) is 6.54 Å². The van der Waals surface area contributed by atoms with Crippen molar-refractivity contribution in [1.29, 1.82) is 0 Å². The van der Waals surface area contributed by atoms with Crippen molar-refractivity contribution >= 4 is 17.7 Å². The lowest BCUT2D eigenvalue weighted by Gasteiger charge is -2.37. The Morgan fingerprint density at radius 1 is 1.22 bits per heavy atom. The van der Waals surface area contributed by atoms with Gasteiger partial charge in [-0.1, -0.05) is 51.0 Å². The first kappa shape index (κ1) is 27.7. The van der Waals surface area contributed by atoms with E-state index in [2.05, 4.69) is 27.9 Å². The second-order valence-electron chi connectivity index (χ2n) is 10.8. The summed E-state index contributed by atoms with van der Waals surface area (Å²) in [6.45, 7) is 8.13. The van der Waals surface area contributed by atoms with Crippen molar-refractivity contribution in [1.82, 2.24) is 20.9 Å². The number of likely N-dealkylation sites (tertiary alicyclic amines) is 1. The number of nitrogens with zero attached hydrogens (tertiary/aromatic N) is 1. The number of amides is 3. The maximum atomic E-state index is 13.7. The van der Waals surface area contributed by atoms with Gasteiger partial charge < -0.3 is 25.6 Å². The number of benzene rings is 1. The van der Waals surface area contributed by atoms with Gasteiger partial charge in [-0.15, -0.1) is 6.42 Å². The summed E-state index contributed by atoms with van der Waals surface area (Å²) in [5, 5.41) is 8.99. The van der Waals surface area contributed by atoms with E-state index in [1.807, 2.05) is 39.0 Å². The van der Waals surface area contributed by atoms with Crippen LogP contribution in [0.25, 0.3) is 0 Å². The topological polar surface area (TPSA) is 99.8 Å². The van der Waals surface area contributed by atoms with Crippen LogP contribution in [0.15, 0.2) is 24.3 Å². The van der Waals surface area contributed by atoms with Gasteiger partial charge in [-0.3, -0.25) is 14.4 Å². The number of aryl methyl sites for hydroxylation is 1. The summed E-state index contributed by atoms with van der Waals surface area (Å²) in [7, 11) is 1.70. The highest BCUT2D eigenvalue weighted by atomic mass is 16.5. The van der Waals surface area contributed by atoms with Crippen molar-refractivity contribution < 1.29 is 19.1 Å². The van der Waals surface area contributed by atoms with Crippen LogP contribution in [-0.2, 0) is 25.5 Å². The summed E-state index contributed by atoms with van der Waals surface area (Å²) in [5.41, 5.74) is 1.67. The molecule has 0 saturated carbocycles. The van der Waals surface area contributed by atoms with Gasteiger partial charge in [-0.05, 0) is 56.2 Å². The molecule has 1 aliphatic carbocycles. The fourth-order valence-electron chi connectivity index (χ4n) is 5.00. The zero-order valence-electron chi connectivity index (χ0n) is 22.1. The second kappa shape index (κ2) is 11.9. The molecule has 1 aliphatic heterocycles. The molecule has 1 aromatic carbocycles. The minimum atomic E-state index is -0.753. The molecular weight excluding hydrogens is 456 g/mol. The number of terminal acetylenes is 1. The van der Waals surface area contributed by atoms with Crippen LogP contribution in [0.3, 0.4) is 0 Å². The van der Waals surface area contributed by atoms with Crippen molar-refractivity contribution in [2.45, 2.75) is 83.6 Å². The molecule has 196 valence electrons. The fourth-order valence-corrected chi connectivity index (χ4v) is 5.00. The molecule has 3 N–H and O–H groups in total. The van der Waals surface area contributed by atoms with E-state index in [9.17, 15) is 14.4 Å². The number of carbonyl (C=O) groups excluding carboxylic acids is 3. The number of carbonyl (C=O) groups is 3. The predicted octanol–water partition coefficient (Wildman–Crippen LogP) is 1.94. The van der Waals surface area contributed by atoms with E-state index in [4.69, 9.17) is 11.2 Å². The molecule has 36 heavy (non-hydrogen) atoms. The van der Waals surface area contributed by atoms with Gasteiger partial charge in [0.2, 0.25) is 17.7 Å². The molecule has 0 unspecified atom stereocenters. The Hall–Kier alpha value is -2.89. The van der Waals surface area contributed by atoms with Crippen LogP contribution in [0.2, 0.25) is 0 Å².